The summed E-state index contributed by atoms with van der Waals surface area (Å²) in [5, 5.41) is 3.58. The van der Waals surface area contributed by atoms with Crippen LogP contribution in [0.15, 0.2) is 18.2 Å². The van der Waals surface area contributed by atoms with Gasteiger partial charge in [0.2, 0.25) is 0 Å². The number of hydrogen-bond acceptors (Lipinski definition) is 4. The molecule has 0 saturated carbocycles. The van der Waals surface area contributed by atoms with E-state index < -0.39 is 9.84 Å². The van der Waals surface area contributed by atoms with Crippen molar-refractivity contribution in [3.63, 3.8) is 0 Å². The highest BCUT2D eigenvalue weighted by atomic mass is 35.5. The van der Waals surface area contributed by atoms with E-state index in [1.54, 1.807) is 18.2 Å². The van der Waals surface area contributed by atoms with Crippen LogP contribution in [0.3, 0.4) is 0 Å². The van der Waals surface area contributed by atoms with Gasteiger partial charge < -0.3 is 11.1 Å². The van der Waals surface area contributed by atoms with Crippen molar-refractivity contribution in [2.24, 2.45) is 5.73 Å². The lowest BCUT2D eigenvalue weighted by Gasteiger charge is -2.09. The number of nitrogens with one attached hydrogen (secondary N) is 1. The lowest BCUT2D eigenvalue weighted by molar-refractivity contribution is 0.600. The molecule has 3 N–H and O–H groups in total. The molecule has 0 unspecified atom stereocenters. The smallest absolute Gasteiger partial charge is 0.147 e. The number of sulfone groups is 1. The fraction of sp³-hybridized carbons (Fsp3) is 0.364. The Hall–Kier alpha value is -0.850. The van der Waals surface area contributed by atoms with E-state index in [9.17, 15) is 8.42 Å². The lowest BCUT2D eigenvalue weighted by Crippen LogP contribution is -2.11. The normalized spacial score (nSPS) is 11.2. The summed E-state index contributed by atoms with van der Waals surface area (Å²) in [6.45, 7) is 0.541. The minimum atomic E-state index is -2.91. The van der Waals surface area contributed by atoms with Crippen molar-refractivity contribution in [3.05, 3.63) is 28.8 Å². The molecule has 0 heterocycles. The second-order valence-corrected chi connectivity index (χ2v) is 7.08. The Morgan fingerprint density at radius 1 is 1.50 bits per heavy atom. The molecule has 18 heavy (non-hydrogen) atoms. The summed E-state index contributed by atoms with van der Waals surface area (Å²) in [7, 11) is -2.91. The minimum Gasteiger partial charge on any atom is -0.389 e. The third kappa shape index (κ3) is 5.20. The van der Waals surface area contributed by atoms with Gasteiger partial charge in [-0.1, -0.05) is 23.8 Å². The predicted molar refractivity (Wildman–Crippen MR) is 80.2 cm³/mol. The molecule has 1 rings (SSSR count). The van der Waals surface area contributed by atoms with Gasteiger partial charge in [-0.25, -0.2) is 8.42 Å². The van der Waals surface area contributed by atoms with Crippen LogP contribution in [-0.2, 0) is 9.84 Å². The average molecular weight is 307 g/mol. The van der Waals surface area contributed by atoms with Crippen LogP contribution in [0.4, 0.5) is 5.69 Å². The van der Waals surface area contributed by atoms with Crippen LogP contribution in [0, 0.1) is 0 Å². The molecule has 0 radical (unpaired) electrons. The Kier molecular flexibility index (Phi) is 5.37. The fourth-order valence-electron chi connectivity index (χ4n) is 1.37. The number of anilines is 1. The molecule has 0 spiro atoms. The summed E-state index contributed by atoms with van der Waals surface area (Å²) < 4.78 is 21.9. The standard InChI is InChI=1S/C11H15ClN2O2S2/c1-18(15,16)6-2-5-14-10-4-3-8(11(13)17)7-9(10)12/h3-4,7,14H,2,5-6H2,1H3,(H2,13,17). The molecule has 0 fully saturated rings. The molecule has 100 valence electrons. The Bertz CT molecular complexity index is 544. The topological polar surface area (TPSA) is 72.2 Å². The van der Waals surface area contributed by atoms with E-state index >= 15 is 0 Å². The highest BCUT2D eigenvalue weighted by Gasteiger charge is 2.04. The molecule has 0 bridgehead atoms. The molecule has 1 aromatic rings. The van der Waals surface area contributed by atoms with Crippen LogP contribution in [0.5, 0.6) is 0 Å². The van der Waals surface area contributed by atoms with Gasteiger partial charge in [-0.3, -0.25) is 0 Å². The average Bonchev–Trinajstić information content (AvgIpc) is 2.24. The van der Waals surface area contributed by atoms with E-state index in [1.165, 1.54) is 6.26 Å². The molecule has 0 aliphatic heterocycles. The molecule has 0 aliphatic carbocycles. The summed E-state index contributed by atoms with van der Waals surface area (Å²) in [5.41, 5.74) is 6.93. The number of benzene rings is 1. The van der Waals surface area contributed by atoms with Gasteiger partial charge >= 0.3 is 0 Å². The molecular formula is C11H15ClN2O2S2. The van der Waals surface area contributed by atoms with Gasteiger partial charge in [0.1, 0.15) is 14.8 Å². The summed E-state index contributed by atoms with van der Waals surface area (Å²) >= 11 is 10.9. The van der Waals surface area contributed by atoms with Crippen molar-refractivity contribution in [1.82, 2.24) is 0 Å². The Labute approximate surface area is 117 Å². The molecule has 0 atom stereocenters. The van der Waals surface area contributed by atoms with Crippen molar-refractivity contribution in [2.75, 3.05) is 23.9 Å². The predicted octanol–water partition coefficient (Wildman–Crippen LogP) is 1.82. The summed E-state index contributed by atoms with van der Waals surface area (Å²) in [6.07, 6.45) is 1.75. The quantitative estimate of drug-likeness (QED) is 0.619. The molecular weight excluding hydrogens is 292 g/mol. The number of halogens is 1. The molecule has 0 amide bonds. The van der Waals surface area contributed by atoms with Crippen LogP contribution >= 0.6 is 23.8 Å². The van der Waals surface area contributed by atoms with Gasteiger partial charge in [0, 0.05) is 18.4 Å². The first kappa shape index (κ1) is 15.2. The van der Waals surface area contributed by atoms with E-state index in [2.05, 4.69) is 5.32 Å². The van der Waals surface area contributed by atoms with E-state index in [-0.39, 0.29) is 5.75 Å². The van der Waals surface area contributed by atoms with Gasteiger partial charge in [-0.05, 0) is 24.6 Å². The van der Waals surface area contributed by atoms with E-state index in [1.807, 2.05) is 0 Å². The van der Waals surface area contributed by atoms with Crippen LogP contribution in [0.2, 0.25) is 5.02 Å². The summed E-state index contributed by atoms with van der Waals surface area (Å²) in [4.78, 5) is 0.292. The lowest BCUT2D eigenvalue weighted by atomic mass is 10.2. The monoisotopic (exact) mass is 306 g/mol. The first-order chi connectivity index (χ1) is 8.29. The highest BCUT2D eigenvalue weighted by Crippen LogP contribution is 2.22. The first-order valence-corrected chi connectivity index (χ1v) is 8.15. The number of hydrogen-bond donors (Lipinski definition) is 2. The van der Waals surface area contributed by atoms with Crippen molar-refractivity contribution in [3.8, 4) is 0 Å². The van der Waals surface area contributed by atoms with Crippen molar-refractivity contribution in [1.29, 1.82) is 0 Å². The molecule has 0 saturated heterocycles. The van der Waals surface area contributed by atoms with E-state index in [0.29, 0.717) is 28.5 Å². The van der Waals surface area contributed by atoms with Gasteiger partial charge in [-0.2, -0.15) is 0 Å². The second-order valence-electron chi connectivity index (χ2n) is 3.97. The Morgan fingerprint density at radius 2 is 2.17 bits per heavy atom. The molecule has 0 aliphatic rings. The zero-order valence-corrected chi connectivity index (χ0v) is 12.3. The summed E-state index contributed by atoms with van der Waals surface area (Å²) in [5.74, 6) is 0.155. The van der Waals surface area contributed by atoms with Crippen LogP contribution < -0.4 is 11.1 Å². The molecule has 1 aromatic carbocycles. The van der Waals surface area contributed by atoms with Gasteiger partial charge in [-0.15, -0.1) is 0 Å². The third-order valence-corrected chi connectivity index (χ3v) is 3.84. The number of rotatable bonds is 6. The van der Waals surface area contributed by atoms with Crippen LogP contribution in [0.1, 0.15) is 12.0 Å². The van der Waals surface area contributed by atoms with Crippen LogP contribution in [-0.4, -0.2) is 32.0 Å². The molecule has 7 heteroatoms. The first-order valence-electron chi connectivity index (χ1n) is 5.30. The van der Waals surface area contributed by atoms with Crippen molar-refractivity contribution in [2.45, 2.75) is 6.42 Å². The SMILES string of the molecule is CS(=O)(=O)CCCNc1ccc(C(N)=S)cc1Cl. The van der Waals surface area contributed by atoms with Crippen molar-refractivity contribution < 1.29 is 8.42 Å². The maximum atomic E-state index is 10.9. The van der Waals surface area contributed by atoms with Gasteiger partial charge in [0.05, 0.1) is 16.5 Å². The zero-order chi connectivity index (χ0) is 13.8. The van der Waals surface area contributed by atoms with Crippen molar-refractivity contribution >= 4 is 44.3 Å². The maximum Gasteiger partial charge on any atom is 0.147 e. The second kappa shape index (κ2) is 6.36. The highest BCUT2D eigenvalue weighted by molar-refractivity contribution is 7.90. The Balaban J connectivity index is 2.56. The maximum absolute atomic E-state index is 10.9. The minimum absolute atomic E-state index is 0.155. The largest absolute Gasteiger partial charge is 0.389 e. The van der Waals surface area contributed by atoms with Gasteiger partial charge in [0.25, 0.3) is 0 Å². The van der Waals surface area contributed by atoms with Crippen LogP contribution in [0.25, 0.3) is 0 Å². The number of thiocarbonyl (C=S) groups is 1. The fourth-order valence-corrected chi connectivity index (χ4v) is 2.41. The zero-order valence-electron chi connectivity index (χ0n) is 9.94. The number of nitrogens with two attached hydrogens (primary N) is 1. The molecule has 0 aromatic heterocycles. The molecule has 4 nitrogen and oxygen atoms in total. The third-order valence-electron chi connectivity index (χ3n) is 2.26. The summed E-state index contributed by atoms with van der Waals surface area (Å²) in [6, 6.07) is 5.23. The van der Waals surface area contributed by atoms with E-state index in [4.69, 9.17) is 29.6 Å². The van der Waals surface area contributed by atoms with E-state index in [0.717, 1.165) is 5.69 Å². The van der Waals surface area contributed by atoms with Gasteiger partial charge in [0.15, 0.2) is 0 Å². The Morgan fingerprint density at radius 3 is 2.67 bits per heavy atom.